The second-order valence-electron chi connectivity index (χ2n) is 5.76. The zero-order valence-corrected chi connectivity index (χ0v) is 12.9. The normalized spacial score (nSPS) is 11.4. The molecule has 0 atom stereocenters. The summed E-state index contributed by atoms with van der Waals surface area (Å²) < 4.78 is 2.20. The lowest BCUT2D eigenvalue weighted by Crippen LogP contribution is -2.17. The Hall–Kier alpha value is -2.13. The summed E-state index contributed by atoms with van der Waals surface area (Å²) >= 11 is 0. The third-order valence-corrected chi connectivity index (χ3v) is 4.00. The van der Waals surface area contributed by atoms with Gasteiger partial charge in [-0.25, -0.2) is 0 Å². The monoisotopic (exact) mass is 279 g/mol. The molecule has 0 bridgehead atoms. The number of hydrogen-bond donors (Lipinski definition) is 0. The van der Waals surface area contributed by atoms with Crippen LogP contribution in [0.4, 0.5) is 0 Å². The minimum absolute atomic E-state index is 0.942. The van der Waals surface area contributed by atoms with Gasteiger partial charge in [-0.3, -0.25) is 9.88 Å². The Labute approximate surface area is 125 Å². The van der Waals surface area contributed by atoms with E-state index in [-0.39, 0.29) is 0 Å². The molecule has 0 amide bonds. The topological polar surface area (TPSA) is 21.1 Å². The molecular formula is C18H21N3. The molecule has 2 aromatic heterocycles. The smallest absolute Gasteiger partial charge is 0.0481 e. The Balaban J connectivity index is 1.81. The van der Waals surface area contributed by atoms with Gasteiger partial charge in [0, 0.05) is 49.6 Å². The van der Waals surface area contributed by atoms with Crippen LogP contribution in [0.2, 0.25) is 0 Å². The highest BCUT2D eigenvalue weighted by Crippen LogP contribution is 2.22. The maximum absolute atomic E-state index is 4.16. The van der Waals surface area contributed by atoms with Crippen molar-refractivity contribution in [3.63, 3.8) is 0 Å². The number of fused-ring (bicyclic) bond motifs is 1. The molecule has 3 aromatic rings. The summed E-state index contributed by atoms with van der Waals surface area (Å²) in [6.07, 6.45) is 6.04. The van der Waals surface area contributed by atoms with Gasteiger partial charge in [0.25, 0.3) is 0 Å². The van der Waals surface area contributed by atoms with Crippen molar-refractivity contribution in [1.82, 2.24) is 14.5 Å². The quantitative estimate of drug-likeness (QED) is 0.728. The molecule has 0 unspecified atom stereocenters. The van der Waals surface area contributed by atoms with Crippen molar-refractivity contribution in [2.75, 3.05) is 7.05 Å². The van der Waals surface area contributed by atoms with Crippen molar-refractivity contribution in [3.8, 4) is 0 Å². The van der Waals surface area contributed by atoms with E-state index >= 15 is 0 Å². The van der Waals surface area contributed by atoms with Gasteiger partial charge in [-0.15, -0.1) is 0 Å². The Morgan fingerprint density at radius 3 is 2.67 bits per heavy atom. The molecule has 0 saturated carbocycles. The van der Waals surface area contributed by atoms with Crippen molar-refractivity contribution in [1.29, 1.82) is 0 Å². The number of rotatable bonds is 4. The van der Waals surface area contributed by atoms with Crippen LogP contribution < -0.4 is 0 Å². The molecule has 3 rings (SSSR count). The summed E-state index contributed by atoms with van der Waals surface area (Å²) in [4.78, 5) is 6.51. The van der Waals surface area contributed by atoms with Crippen molar-refractivity contribution >= 4 is 10.9 Å². The summed E-state index contributed by atoms with van der Waals surface area (Å²) in [5.74, 6) is 0. The van der Waals surface area contributed by atoms with Gasteiger partial charge in [0.05, 0.1) is 0 Å². The molecule has 0 aliphatic heterocycles. The van der Waals surface area contributed by atoms with E-state index in [0.717, 1.165) is 13.1 Å². The van der Waals surface area contributed by atoms with E-state index < -0.39 is 0 Å². The maximum atomic E-state index is 4.16. The van der Waals surface area contributed by atoms with Gasteiger partial charge in [-0.1, -0.05) is 18.2 Å². The molecule has 0 aliphatic rings. The van der Waals surface area contributed by atoms with Gasteiger partial charge >= 0.3 is 0 Å². The first kappa shape index (κ1) is 13.8. The van der Waals surface area contributed by atoms with Crippen LogP contribution in [-0.4, -0.2) is 21.5 Å². The summed E-state index contributed by atoms with van der Waals surface area (Å²) in [7, 11) is 4.28. The maximum Gasteiger partial charge on any atom is 0.0481 e. The number of benzene rings is 1. The molecule has 0 radical (unpaired) electrons. The third kappa shape index (κ3) is 2.83. The minimum atomic E-state index is 0.942. The first-order chi connectivity index (χ1) is 10.1. The molecular weight excluding hydrogens is 258 g/mol. The highest BCUT2D eigenvalue weighted by molar-refractivity contribution is 5.83. The van der Waals surface area contributed by atoms with Gasteiger partial charge in [0.1, 0.15) is 0 Å². The predicted octanol–water partition coefficient (Wildman–Crippen LogP) is 3.51. The third-order valence-electron chi connectivity index (χ3n) is 4.00. The fraction of sp³-hybridized carbons (Fsp3) is 0.278. The van der Waals surface area contributed by atoms with E-state index in [2.05, 4.69) is 72.0 Å². The van der Waals surface area contributed by atoms with E-state index in [1.165, 1.54) is 27.6 Å². The molecule has 2 heterocycles. The largest absolute Gasteiger partial charge is 0.350 e. The molecule has 3 nitrogen and oxygen atoms in total. The Morgan fingerprint density at radius 1 is 1.10 bits per heavy atom. The highest BCUT2D eigenvalue weighted by Gasteiger charge is 2.09. The van der Waals surface area contributed by atoms with E-state index in [1.807, 2.05) is 12.4 Å². The van der Waals surface area contributed by atoms with Gasteiger partial charge < -0.3 is 4.57 Å². The molecule has 21 heavy (non-hydrogen) atoms. The molecule has 3 heteroatoms. The Morgan fingerprint density at radius 2 is 1.86 bits per heavy atom. The van der Waals surface area contributed by atoms with Crippen LogP contribution in [0.1, 0.15) is 16.7 Å². The van der Waals surface area contributed by atoms with Crippen LogP contribution in [0, 0.1) is 6.92 Å². The molecule has 0 spiro atoms. The lowest BCUT2D eigenvalue weighted by molar-refractivity contribution is 0.319. The SMILES string of the molecule is Cc1cnccc1CN(C)Cc1cn(C)c2ccccc12. The molecule has 108 valence electrons. The van der Waals surface area contributed by atoms with E-state index in [1.54, 1.807) is 0 Å². The van der Waals surface area contributed by atoms with Crippen LogP contribution in [0.3, 0.4) is 0 Å². The first-order valence-electron chi connectivity index (χ1n) is 7.26. The van der Waals surface area contributed by atoms with Crippen LogP contribution in [0.5, 0.6) is 0 Å². The summed E-state index contributed by atoms with van der Waals surface area (Å²) in [6, 6.07) is 10.7. The van der Waals surface area contributed by atoms with E-state index in [4.69, 9.17) is 0 Å². The van der Waals surface area contributed by atoms with Crippen molar-refractivity contribution < 1.29 is 0 Å². The van der Waals surface area contributed by atoms with Crippen LogP contribution >= 0.6 is 0 Å². The molecule has 0 fully saturated rings. The van der Waals surface area contributed by atoms with E-state index in [9.17, 15) is 0 Å². The number of pyridine rings is 1. The summed E-state index contributed by atoms with van der Waals surface area (Å²) in [6.45, 7) is 4.01. The average Bonchev–Trinajstić information content (AvgIpc) is 2.79. The lowest BCUT2D eigenvalue weighted by Gasteiger charge is -2.17. The van der Waals surface area contributed by atoms with Gasteiger partial charge in [0.15, 0.2) is 0 Å². The van der Waals surface area contributed by atoms with Crippen molar-refractivity contribution in [2.24, 2.45) is 7.05 Å². The fourth-order valence-corrected chi connectivity index (χ4v) is 2.87. The zero-order chi connectivity index (χ0) is 14.8. The predicted molar refractivity (Wildman–Crippen MR) is 87.1 cm³/mol. The highest BCUT2D eigenvalue weighted by atomic mass is 15.1. The van der Waals surface area contributed by atoms with Gasteiger partial charge in [0.2, 0.25) is 0 Å². The average molecular weight is 279 g/mol. The molecule has 0 N–H and O–H groups in total. The minimum Gasteiger partial charge on any atom is -0.350 e. The number of hydrogen-bond acceptors (Lipinski definition) is 2. The number of para-hydroxylation sites is 1. The molecule has 0 saturated heterocycles. The second-order valence-corrected chi connectivity index (χ2v) is 5.76. The van der Waals surface area contributed by atoms with Gasteiger partial charge in [-0.2, -0.15) is 0 Å². The lowest BCUT2D eigenvalue weighted by atomic mass is 10.1. The number of aromatic nitrogens is 2. The fourth-order valence-electron chi connectivity index (χ4n) is 2.87. The standard InChI is InChI=1S/C18H21N3/c1-14-10-19-9-8-15(14)11-20(2)12-16-13-21(3)18-7-5-4-6-17(16)18/h4-10,13H,11-12H2,1-3H3. The number of nitrogens with zero attached hydrogens (tertiary/aromatic N) is 3. The van der Waals surface area contributed by atoms with Crippen molar-refractivity contribution in [3.05, 3.63) is 65.6 Å². The van der Waals surface area contributed by atoms with Crippen LogP contribution in [0.15, 0.2) is 48.9 Å². The molecule has 0 aliphatic carbocycles. The van der Waals surface area contributed by atoms with Crippen molar-refractivity contribution in [2.45, 2.75) is 20.0 Å². The Kier molecular flexibility index (Phi) is 3.76. The van der Waals surface area contributed by atoms with Crippen LogP contribution in [-0.2, 0) is 20.1 Å². The first-order valence-corrected chi connectivity index (χ1v) is 7.26. The summed E-state index contributed by atoms with van der Waals surface area (Å²) in [5, 5.41) is 1.35. The summed E-state index contributed by atoms with van der Waals surface area (Å²) in [5.41, 5.74) is 5.26. The molecule has 1 aromatic carbocycles. The second kappa shape index (κ2) is 5.70. The van der Waals surface area contributed by atoms with Gasteiger partial charge in [-0.05, 0) is 42.8 Å². The number of aryl methyl sites for hydroxylation is 2. The van der Waals surface area contributed by atoms with Crippen LogP contribution in [0.25, 0.3) is 10.9 Å². The van der Waals surface area contributed by atoms with E-state index in [0.29, 0.717) is 0 Å². The Bertz CT molecular complexity index is 758. The zero-order valence-electron chi connectivity index (χ0n) is 12.9.